The zero-order valence-corrected chi connectivity index (χ0v) is 9.28. The van der Waals surface area contributed by atoms with E-state index in [-0.39, 0.29) is 0 Å². The van der Waals surface area contributed by atoms with Gasteiger partial charge in [0.1, 0.15) is 11.0 Å². The van der Waals surface area contributed by atoms with Gasteiger partial charge in [0.25, 0.3) is 0 Å². The van der Waals surface area contributed by atoms with E-state index >= 15 is 0 Å². The van der Waals surface area contributed by atoms with Crippen LogP contribution >= 0.6 is 11.6 Å². The van der Waals surface area contributed by atoms with Gasteiger partial charge in [0.2, 0.25) is 0 Å². The number of hydrogen-bond donors (Lipinski definition) is 2. The van der Waals surface area contributed by atoms with Crippen molar-refractivity contribution in [3.8, 4) is 0 Å². The molecule has 0 atom stereocenters. The number of aromatic nitrogens is 2. The van der Waals surface area contributed by atoms with Gasteiger partial charge in [-0.1, -0.05) is 17.7 Å². The Morgan fingerprint density at radius 2 is 1.94 bits per heavy atom. The van der Waals surface area contributed by atoms with E-state index in [1.165, 1.54) is 0 Å². The summed E-state index contributed by atoms with van der Waals surface area (Å²) in [6, 6.07) is 5.50. The van der Waals surface area contributed by atoms with E-state index in [1.54, 1.807) is 18.5 Å². The Bertz CT molecular complexity index is 496. The summed E-state index contributed by atoms with van der Waals surface area (Å²) in [5, 5.41) is 0.478. The monoisotopic (exact) mass is 234 g/mol. The van der Waals surface area contributed by atoms with Crippen LogP contribution in [0.4, 0.5) is 11.5 Å². The molecule has 0 saturated carbocycles. The number of hydrogen-bond acceptors (Lipinski definition) is 4. The molecule has 16 heavy (non-hydrogen) atoms. The quantitative estimate of drug-likeness (QED) is 0.778. The zero-order valence-electron chi connectivity index (χ0n) is 8.52. The third-order valence-electron chi connectivity index (χ3n) is 2.29. The molecule has 2 aromatic heterocycles. The summed E-state index contributed by atoms with van der Waals surface area (Å²) in [6.45, 7) is 0. The predicted molar refractivity (Wildman–Crippen MR) is 65.1 cm³/mol. The minimum absolute atomic E-state index is 0.361. The first-order chi connectivity index (χ1) is 7.66. The molecule has 0 aliphatic rings. The topological polar surface area (TPSA) is 77.8 Å². The maximum Gasteiger partial charge on any atom is 0.146 e. The second-order valence-corrected chi connectivity index (χ2v) is 3.82. The minimum atomic E-state index is 0.361. The summed E-state index contributed by atoms with van der Waals surface area (Å²) >= 11 is 5.71. The highest BCUT2D eigenvalue weighted by atomic mass is 35.5. The van der Waals surface area contributed by atoms with Crippen molar-refractivity contribution in [2.45, 2.75) is 6.42 Å². The molecule has 0 aliphatic carbocycles. The van der Waals surface area contributed by atoms with Crippen LogP contribution < -0.4 is 11.5 Å². The van der Waals surface area contributed by atoms with Gasteiger partial charge < -0.3 is 11.5 Å². The van der Waals surface area contributed by atoms with Crippen LogP contribution in [0.25, 0.3) is 0 Å². The second-order valence-electron chi connectivity index (χ2n) is 3.43. The van der Waals surface area contributed by atoms with E-state index in [9.17, 15) is 0 Å². The van der Waals surface area contributed by atoms with E-state index in [4.69, 9.17) is 23.1 Å². The molecular formula is C11H11ClN4. The molecule has 82 valence electrons. The largest absolute Gasteiger partial charge is 0.396 e. The molecule has 5 heteroatoms. The smallest absolute Gasteiger partial charge is 0.146 e. The van der Waals surface area contributed by atoms with Crippen molar-refractivity contribution in [2.75, 3.05) is 11.5 Å². The van der Waals surface area contributed by atoms with E-state index in [0.717, 1.165) is 11.1 Å². The Hall–Kier alpha value is -1.81. The van der Waals surface area contributed by atoms with Crippen LogP contribution in [0.2, 0.25) is 5.15 Å². The molecule has 4 N–H and O–H groups in total. The molecule has 0 bridgehead atoms. The van der Waals surface area contributed by atoms with Gasteiger partial charge in [-0.3, -0.25) is 0 Å². The van der Waals surface area contributed by atoms with Gasteiger partial charge in [-0.25, -0.2) is 9.97 Å². The maximum absolute atomic E-state index is 5.83. The molecule has 2 aromatic rings. The fourth-order valence-corrected chi connectivity index (χ4v) is 1.53. The number of anilines is 2. The lowest BCUT2D eigenvalue weighted by Crippen LogP contribution is -2.02. The maximum atomic E-state index is 5.83. The van der Waals surface area contributed by atoms with E-state index in [0.29, 0.717) is 23.1 Å². The number of halogens is 1. The average molecular weight is 235 g/mol. The molecule has 2 rings (SSSR count). The van der Waals surface area contributed by atoms with E-state index in [1.807, 2.05) is 12.1 Å². The summed E-state index contributed by atoms with van der Waals surface area (Å²) < 4.78 is 0. The molecular weight excluding hydrogens is 224 g/mol. The summed E-state index contributed by atoms with van der Waals surface area (Å²) in [7, 11) is 0. The third-order valence-corrected chi connectivity index (χ3v) is 2.52. The second kappa shape index (κ2) is 4.37. The number of rotatable bonds is 2. The Kier molecular flexibility index (Phi) is 2.92. The molecule has 0 radical (unpaired) electrons. The number of pyridine rings is 2. The lowest BCUT2D eigenvalue weighted by molar-refractivity contribution is 1.14. The molecule has 0 amide bonds. The van der Waals surface area contributed by atoms with E-state index < -0.39 is 0 Å². The predicted octanol–water partition coefficient (Wildman–Crippen LogP) is 1.89. The highest BCUT2D eigenvalue weighted by molar-refractivity contribution is 6.29. The Balaban J connectivity index is 2.27. The van der Waals surface area contributed by atoms with Gasteiger partial charge in [0.05, 0.1) is 5.69 Å². The third kappa shape index (κ3) is 2.23. The van der Waals surface area contributed by atoms with Crippen LogP contribution in [-0.2, 0) is 6.42 Å². The summed E-state index contributed by atoms with van der Waals surface area (Å²) in [4.78, 5) is 7.92. The molecule has 4 nitrogen and oxygen atoms in total. The summed E-state index contributed by atoms with van der Waals surface area (Å²) in [5.74, 6) is 0.361. The molecule has 2 heterocycles. The van der Waals surface area contributed by atoms with Gasteiger partial charge in [0, 0.05) is 18.8 Å². The first kappa shape index (κ1) is 10.7. The van der Waals surface area contributed by atoms with Gasteiger partial charge in [0.15, 0.2) is 0 Å². The fraction of sp³-hybridized carbons (Fsp3) is 0.0909. The highest BCUT2D eigenvalue weighted by Gasteiger charge is 2.04. The van der Waals surface area contributed by atoms with Crippen LogP contribution in [-0.4, -0.2) is 9.97 Å². The van der Waals surface area contributed by atoms with Crippen molar-refractivity contribution in [2.24, 2.45) is 0 Å². The van der Waals surface area contributed by atoms with Crippen molar-refractivity contribution < 1.29 is 0 Å². The number of nitrogen functional groups attached to an aromatic ring is 2. The van der Waals surface area contributed by atoms with Crippen LogP contribution in [0.5, 0.6) is 0 Å². The normalized spacial score (nSPS) is 10.3. The highest BCUT2D eigenvalue weighted by Crippen LogP contribution is 2.20. The van der Waals surface area contributed by atoms with Gasteiger partial charge in [-0.05, 0) is 23.3 Å². The summed E-state index contributed by atoms with van der Waals surface area (Å²) in [5.41, 5.74) is 13.9. The van der Waals surface area contributed by atoms with Crippen molar-refractivity contribution in [1.29, 1.82) is 0 Å². The molecule has 0 aromatic carbocycles. The number of nitrogens with zero attached hydrogens (tertiary/aromatic N) is 2. The Morgan fingerprint density at radius 1 is 1.12 bits per heavy atom. The molecule has 0 saturated heterocycles. The van der Waals surface area contributed by atoms with Crippen LogP contribution in [0.3, 0.4) is 0 Å². The average Bonchev–Trinajstić information content (AvgIpc) is 2.28. The minimum Gasteiger partial charge on any atom is -0.396 e. The van der Waals surface area contributed by atoms with Crippen molar-refractivity contribution in [3.63, 3.8) is 0 Å². The van der Waals surface area contributed by atoms with Crippen molar-refractivity contribution in [3.05, 3.63) is 46.9 Å². The SMILES string of the molecule is Nc1nccc(Cc2ccc(Cl)nc2)c1N. The van der Waals surface area contributed by atoms with Crippen LogP contribution in [0.15, 0.2) is 30.6 Å². The summed E-state index contributed by atoms with van der Waals surface area (Å²) in [6.07, 6.45) is 4.03. The van der Waals surface area contributed by atoms with E-state index in [2.05, 4.69) is 9.97 Å². The molecule has 0 aliphatic heterocycles. The van der Waals surface area contributed by atoms with Crippen LogP contribution in [0.1, 0.15) is 11.1 Å². The van der Waals surface area contributed by atoms with Gasteiger partial charge in [-0.15, -0.1) is 0 Å². The van der Waals surface area contributed by atoms with Gasteiger partial charge in [-0.2, -0.15) is 0 Å². The lowest BCUT2D eigenvalue weighted by atomic mass is 10.1. The fourth-order valence-electron chi connectivity index (χ4n) is 1.42. The standard InChI is InChI=1S/C11H11ClN4/c12-9-2-1-7(6-16-9)5-8-3-4-15-11(14)10(8)13/h1-4,6H,5,13H2,(H2,14,15). The zero-order chi connectivity index (χ0) is 11.5. The van der Waals surface area contributed by atoms with Crippen molar-refractivity contribution >= 4 is 23.1 Å². The Labute approximate surface area is 98.3 Å². The number of nitrogens with two attached hydrogens (primary N) is 2. The molecule has 0 fully saturated rings. The molecule has 0 unspecified atom stereocenters. The Morgan fingerprint density at radius 3 is 2.62 bits per heavy atom. The first-order valence-electron chi connectivity index (χ1n) is 4.76. The first-order valence-corrected chi connectivity index (χ1v) is 5.14. The van der Waals surface area contributed by atoms with Crippen LogP contribution in [0, 0.1) is 0 Å². The lowest BCUT2D eigenvalue weighted by Gasteiger charge is -2.06. The van der Waals surface area contributed by atoms with Crippen molar-refractivity contribution in [1.82, 2.24) is 9.97 Å². The van der Waals surface area contributed by atoms with Gasteiger partial charge >= 0.3 is 0 Å². The molecule has 0 spiro atoms.